The molecule has 3 amide bonds. The lowest BCUT2D eigenvalue weighted by Gasteiger charge is -2.33. The number of rotatable bonds is 7. The molecule has 1 aromatic heterocycles. The number of nitrogens with zero attached hydrogens (tertiary/aromatic N) is 3. The van der Waals surface area contributed by atoms with E-state index in [9.17, 15) is 9.59 Å². The van der Waals surface area contributed by atoms with Crippen molar-refractivity contribution in [1.82, 2.24) is 20.1 Å². The zero-order valence-corrected chi connectivity index (χ0v) is 23.3. The van der Waals surface area contributed by atoms with E-state index in [0.717, 1.165) is 37.8 Å². The highest BCUT2D eigenvalue weighted by Crippen LogP contribution is 2.29. The summed E-state index contributed by atoms with van der Waals surface area (Å²) < 4.78 is 6.63. The number of aromatic nitrogens is 1. The number of urea groups is 1. The summed E-state index contributed by atoms with van der Waals surface area (Å²) in [7, 11) is 2.09. The average molecular weight is 522 g/mol. The molecule has 1 saturated carbocycles. The van der Waals surface area contributed by atoms with Gasteiger partial charge in [-0.05, 0) is 69.6 Å². The van der Waals surface area contributed by atoms with Crippen molar-refractivity contribution in [3.63, 3.8) is 0 Å². The van der Waals surface area contributed by atoms with Crippen molar-refractivity contribution >= 4 is 17.6 Å². The van der Waals surface area contributed by atoms with E-state index in [1.165, 1.54) is 12.0 Å². The highest BCUT2D eigenvalue weighted by atomic mass is 16.5. The molecule has 1 aliphatic heterocycles. The minimum absolute atomic E-state index is 0.0753. The molecule has 0 bridgehead atoms. The number of carbonyl (C=O) groups is 2. The fourth-order valence-electron chi connectivity index (χ4n) is 5.47. The second-order valence-corrected chi connectivity index (χ2v) is 11.3. The van der Waals surface area contributed by atoms with E-state index < -0.39 is 0 Å². The van der Waals surface area contributed by atoms with Gasteiger partial charge in [-0.25, -0.2) is 4.79 Å². The van der Waals surface area contributed by atoms with E-state index in [4.69, 9.17) is 4.74 Å². The molecule has 4 rings (SSSR count). The second-order valence-electron chi connectivity index (χ2n) is 11.3. The van der Waals surface area contributed by atoms with E-state index in [1.54, 1.807) is 0 Å². The van der Waals surface area contributed by atoms with Gasteiger partial charge in [0.25, 0.3) is 0 Å². The Labute approximate surface area is 227 Å². The number of pyridine rings is 1. The van der Waals surface area contributed by atoms with Crippen LogP contribution in [0.4, 0.5) is 10.5 Å². The molecule has 2 N–H and O–H groups in total. The van der Waals surface area contributed by atoms with Crippen molar-refractivity contribution in [1.29, 1.82) is 0 Å². The smallest absolute Gasteiger partial charge is 0.319 e. The summed E-state index contributed by atoms with van der Waals surface area (Å²) in [4.78, 5) is 34.4. The molecule has 0 radical (unpaired) electrons. The maximum absolute atomic E-state index is 13.4. The maximum atomic E-state index is 13.4. The maximum Gasteiger partial charge on any atom is 0.319 e. The van der Waals surface area contributed by atoms with Gasteiger partial charge in [-0.15, -0.1) is 0 Å². The van der Waals surface area contributed by atoms with Crippen LogP contribution in [-0.4, -0.2) is 65.0 Å². The summed E-state index contributed by atoms with van der Waals surface area (Å²) in [6, 6.07) is 9.82. The molecule has 1 aromatic carbocycles. The predicted octanol–water partition coefficient (Wildman–Crippen LogP) is 4.84. The molecule has 1 aliphatic carbocycles. The van der Waals surface area contributed by atoms with Crippen molar-refractivity contribution in [2.45, 2.75) is 84.0 Å². The van der Waals surface area contributed by atoms with Crippen LogP contribution < -0.4 is 15.4 Å². The number of ether oxygens (including phenoxy) is 1. The number of hydrogen-bond donors (Lipinski definition) is 2. The lowest BCUT2D eigenvalue weighted by atomic mass is 9.96. The van der Waals surface area contributed by atoms with Gasteiger partial charge in [0.2, 0.25) is 5.91 Å². The van der Waals surface area contributed by atoms with E-state index in [1.807, 2.05) is 47.6 Å². The van der Waals surface area contributed by atoms with Gasteiger partial charge in [0.1, 0.15) is 11.9 Å². The summed E-state index contributed by atoms with van der Waals surface area (Å²) in [5, 5.41) is 6.07. The highest BCUT2D eigenvalue weighted by molar-refractivity contribution is 5.90. The van der Waals surface area contributed by atoms with Gasteiger partial charge < -0.3 is 20.3 Å². The van der Waals surface area contributed by atoms with Gasteiger partial charge in [0.15, 0.2) is 0 Å². The van der Waals surface area contributed by atoms with Crippen LogP contribution in [0, 0.1) is 5.92 Å². The average Bonchev–Trinajstić information content (AvgIpc) is 2.93. The Hall–Kier alpha value is -3.13. The second kappa shape index (κ2) is 13.1. The van der Waals surface area contributed by atoms with Gasteiger partial charge in [-0.1, -0.05) is 26.2 Å². The molecule has 38 heavy (non-hydrogen) atoms. The monoisotopic (exact) mass is 521 g/mol. The summed E-state index contributed by atoms with van der Waals surface area (Å²) >= 11 is 0. The van der Waals surface area contributed by atoms with Crippen LogP contribution in [0.1, 0.15) is 64.0 Å². The Kier molecular flexibility index (Phi) is 9.61. The molecule has 0 spiro atoms. The van der Waals surface area contributed by atoms with Gasteiger partial charge >= 0.3 is 6.03 Å². The standard InChI is InChI=1S/C30H43N5O3/c1-21(2)35-18-22(3)28(20-34(4)19-23-12-14-31-15-13-23)38-27-11-10-26(16-24(27)17-29(35)36)33-30(37)32-25-8-6-5-7-9-25/h10-16,21-22,25,28H,5-9,17-20H2,1-4H3,(H2,32,33,37)/t22-,28+/m1/s1. The fourth-order valence-corrected chi connectivity index (χ4v) is 5.47. The van der Waals surface area contributed by atoms with Gasteiger partial charge in [0.05, 0.1) is 6.42 Å². The van der Waals surface area contributed by atoms with Crippen molar-refractivity contribution < 1.29 is 14.3 Å². The molecule has 2 aromatic rings. The van der Waals surface area contributed by atoms with Gasteiger partial charge in [0, 0.05) is 61.3 Å². The SMILES string of the molecule is CC(C)N1C[C@@H](C)[C@H](CN(C)Cc2ccncc2)Oc2ccc(NC(=O)NC3CCCCC3)cc2CC1=O. The van der Waals surface area contributed by atoms with E-state index >= 15 is 0 Å². The highest BCUT2D eigenvalue weighted by Gasteiger charge is 2.30. The third kappa shape index (κ3) is 7.69. The van der Waals surface area contributed by atoms with E-state index in [0.29, 0.717) is 24.5 Å². The Bertz CT molecular complexity index is 1070. The summed E-state index contributed by atoms with van der Waals surface area (Å²) in [5.74, 6) is 0.911. The van der Waals surface area contributed by atoms with Crippen LogP contribution in [-0.2, 0) is 17.8 Å². The fraction of sp³-hybridized carbons (Fsp3) is 0.567. The molecule has 2 aliphatic rings. The van der Waals surface area contributed by atoms with E-state index in [2.05, 4.69) is 48.3 Å². The molecular weight excluding hydrogens is 478 g/mol. The number of hydrogen-bond acceptors (Lipinski definition) is 5. The molecule has 206 valence electrons. The minimum Gasteiger partial charge on any atom is -0.488 e. The zero-order chi connectivity index (χ0) is 27.1. The quantitative estimate of drug-likeness (QED) is 0.544. The lowest BCUT2D eigenvalue weighted by Crippen LogP contribution is -2.45. The van der Waals surface area contributed by atoms with Crippen molar-refractivity contribution in [3.8, 4) is 5.75 Å². The van der Waals surface area contributed by atoms with Crippen LogP contribution in [0.15, 0.2) is 42.7 Å². The Morgan fingerprint density at radius 2 is 1.89 bits per heavy atom. The van der Waals surface area contributed by atoms with Crippen molar-refractivity contribution in [2.75, 3.05) is 25.5 Å². The Morgan fingerprint density at radius 3 is 2.61 bits per heavy atom. The van der Waals surface area contributed by atoms with Crippen molar-refractivity contribution in [3.05, 3.63) is 53.9 Å². The first-order valence-corrected chi connectivity index (χ1v) is 14.0. The van der Waals surface area contributed by atoms with Crippen LogP contribution in [0.2, 0.25) is 0 Å². The van der Waals surface area contributed by atoms with E-state index in [-0.39, 0.29) is 42.5 Å². The first-order valence-electron chi connectivity index (χ1n) is 14.0. The van der Waals surface area contributed by atoms with Crippen LogP contribution in [0.3, 0.4) is 0 Å². The molecule has 0 saturated heterocycles. The predicted molar refractivity (Wildman–Crippen MR) is 150 cm³/mol. The molecule has 1 fully saturated rings. The summed E-state index contributed by atoms with van der Waals surface area (Å²) in [5.41, 5.74) is 2.66. The normalized spacial score (nSPS) is 20.8. The molecule has 2 heterocycles. The number of nitrogens with one attached hydrogen (secondary N) is 2. The number of fused-ring (bicyclic) bond motifs is 1. The number of benzene rings is 1. The Morgan fingerprint density at radius 1 is 1.16 bits per heavy atom. The number of carbonyl (C=O) groups excluding carboxylic acids is 2. The first kappa shape index (κ1) is 27.9. The Balaban J connectivity index is 1.52. The van der Waals surface area contributed by atoms with Crippen molar-refractivity contribution in [2.24, 2.45) is 5.92 Å². The van der Waals surface area contributed by atoms with Crippen LogP contribution in [0.25, 0.3) is 0 Å². The zero-order valence-electron chi connectivity index (χ0n) is 23.3. The first-order chi connectivity index (χ1) is 18.3. The number of likely N-dealkylation sites (N-methyl/N-ethyl adjacent to an activating group) is 1. The molecule has 2 atom stereocenters. The van der Waals surface area contributed by atoms with Gasteiger partial charge in [-0.2, -0.15) is 0 Å². The summed E-state index contributed by atoms with van der Waals surface area (Å²) in [6.07, 6.45) is 9.36. The summed E-state index contributed by atoms with van der Waals surface area (Å²) in [6.45, 7) is 8.41. The molecular formula is C30H43N5O3. The minimum atomic E-state index is -0.194. The topological polar surface area (TPSA) is 86.8 Å². The van der Waals surface area contributed by atoms with Crippen LogP contribution in [0.5, 0.6) is 5.75 Å². The molecule has 8 heteroatoms. The molecule has 8 nitrogen and oxygen atoms in total. The molecule has 0 unspecified atom stereocenters. The van der Waals surface area contributed by atoms with Gasteiger partial charge in [-0.3, -0.25) is 14.7 Å². The largest absolute Gasteiger partial charge is 0.488 e. The third-order valence-corrected chi connectivity index (χ3v) is 7.64. The number of amides is 3. The van der Waals surface area contributed by atoms with Crippen LogP contribution >= 0.6 is 0 Å². The third-order valence-electron chi connectivity index (χ3n) is 7.64. The number of anilines is 1. The lowest BCUT2D eigenvalue weighted by molar-refractivity contribution is -0.133.